The molecule has 0 aliphatic rings. The van der Waals surface area contributed by atoms with E-state index in [0.29, 0.717) is 6.07 Å². The highest BCUT2D eigenvalue weighted by Gasteiger charge is 2.60. The molecular weight excluding hydrogens is 435 g/mol. The fraction of sp³-hybridized carbons (Fsp3) is 0.429. The number of hydrogen-bond donors (Lipinski definition) is 1. The number of rotatable bonds is 7. The Kier molecular flexibility index (Phi) is 5.62. The first-order chi connectivity index (χ1) is 14.4. The van der Waals surface area contributed by atoms with Crippen molar-refractivity contribution in [1.82, 2.24) is 45.4 Å². The third-order valence-electron chi connectivity index (χ3n) is 3.90. The van der Waals surface area contributed by atoms with Crippen molar-refractivity contribution in [1.29, 1.82) is 0 Å². The smallest absolute Gasteiger partial charge is 0.367 e. The number of alkyl halides is 5. The zero-order chi connectivity index (χ0) is 23.0. The average molecular weight is 448 g/mol. The first-order valence-corrected chi connectivity index (χ1v) is 8.24. The second-order valence-corrected chi connectivity index (χ2v) is 6.13. The highest BCUT2D eigenvalue weighted by Crippen LogP contribution is 2.44. The number of halogens is 5. The summed E-state index contributed by atoms with van der Waals surface area (Å²) in [4.78, 5) is 16.5. The van der Waals surface area contributed by atoms with Gasteiger partial charge in [-0.05, 0) is 21.7 Å². The summed E-state index contributed by atoms with van der Waals surface area (Å²) in [6.07, 6.45) is -5.95. The molecule has 0 unspecified atom stereocenters. The maximum atomic E-state index is 14.1. The fourth-order valence-corrected chi connectivity index (χ4v) is 2.54. The highest BCUT2D eigenvalue weighted by molar-refractivity contribution is 6.00. The van der Waals surface area contributed by atoms with Crippen LogP contribution in [0.4, 0.5) is 22.0 Å². The van der Waals surface area contributed by atoms with Gasteiger partial charge < -0.3 is 10.5 Å². The molecule has 3 rings (SSSR count). The number of carbonyl (C=O) groups excluding carboxylic acids is 1. The molecule has 0 aliphatic carbocycles. The average Bonchev–Trinajstić information content (AvgIpc) is 3.27. The van der Waals surface area contributed by atoms with Crippen LogP contribution < -0.4 is 5.73 Å². The number of hydrogen-bond acceptors (Lipinski definition) is 9. The first-order valence-electron chi connectivity index (χ1n) is 8.24. The Morgan fingerprint density at radius 1 is 1.13 bits per heavy atom. The lowest BCUT2D eigenvalue weighted by Crippen LogP contribution is -2.35. The van der Waals surface area contributed by atoms with Gasteiger partial charge in [0.1, 0.15) is 12.3 Å². The van der Waals surface area contributed by atoms with Crippen molar-refractivity contribution in [3.05, 3.63) is 28.8 Å². The van der Waals surface area contributed by atoms with Gasteiger partial charge in [0.05, 0.1) is 24.9 Å². The van der Waals surface area contributed by atoms with Gasteiger partial charge in [0.2, 0.25) is 0 Å². The number of aryl methyl sites for hydroxylation is 2. The number of tetrazole rings is 2. The molecule has 12 nitrogen and oxygen atoms in total. The van der Waals surface area contributed by atoms with E-state index in [4.69, 9.17) is 10.5 Å². The Labute approximate surface area is 169 Å². The van der Waals surface area contributed by atoms with E-state index in [1.54, 1.807) is 0 Å². The summed E-state index contributed by atoms with van der Waals surface area (Å²) in [7, 11) is 2.77. The molecule has 1 amide bonds. The largest absolute Gasteiger partial charge is 0.459 e. The number of primary amides is 1. The summed E-state index contributed by atoms with van der Waals surface area (Å²) in [5.74, 6) is -6.70. The molecule has 3 aromatic rings. The van der Waals surface area contributed by atoms with E-state index in [0.717, 1.165) is 9.48 Å². The Balaban J connectivity index is 2.11. The maximum absolute atomic E-state index is 14.1. The molecule has 0 aliphatic heterocycles. The standard InChI is InChI=1S/C14H13F5N10O2/c1-28-12(23-25-27-28)6-3-8(13(15,16)14(17,18)19)21-7(10(6)11(20)30)4-31-5-9-22-26-29(2)24-9/h3H,4-5H2,1-2H3,(H2,20,30). The zero-order valence-corrected chi connectivity index (χ0v) is 15.8. The van der Waals surface area contributed by atoms with Crippen molar-refractivity contribution in [3.63, 3.8) is 0 Å². The van der Waals surface area contributed by atoms with Gasteiger partial charge in [-0.2, -0.15) is 26.7 Å². The molecule has 0 fully saturated rings. The van der Waals surface area contributed by atoms with Crippen molar-refractivity contribution >= 4 is 5.91 Å². The van der Waals surface area contributed by atoms with E-state index in [2.05, 4.69) is 35.9 Å². The van der Waals surface area contributed by atoms with E-state index >= 15 is 0 Å². The summed E-state index contributed by atoms with van der Waals surface area (Å²) in [6, 6.07) is 0.368. The van der Waals surface area contributed by atoms with Crippen molar-refractivity contribution in [3.8, 4) is 11.4 Å². The lowest BCUT2D eigenvalue weighted by molar-refractivity contribution is -0.291. The number of amides is 1. The van der Waals surface area contributed by atoms with E-state index < -0.39 is 47.1 Å². The van der Waals surface area contributed by atoms with Gasteiger partial charge in [-0.1, -0.05) is 0 Å². The van der Waals surface area contributed by atoms with Crippen LogP contribution in [-0.4, -0.2) is 57.5 Å². The quantitative estimate of drug-likeness (QED) is 0.502. The molecule has 0 aromatic carbocycles. The molecule has 0 saturated carbocycles. The van der Waals surface area contributed by atoms with Crippen molar-refractivity contribution in [2.45, 2.75) is 25.3 Å². The normalized spacial score (nSPS) is 12.4. The molecule has 3 heterocycles. The Morgan fingerprint density at radius 2 is 1.84 bits per heavy atom. The van der Waals surface area contributed by atoms with Crippen LogP contribution in [0.2, 0.25) is 0 Å². The van der Waals surface area contributed by atoms with Gasteiger partial charge in [0, 0.05) is 12.6 Å². The molecule has 0 radical (unpaired) electrons. The molecule has 3 aromatic heterocycles. The minimum atomic E-state index is -5.95. The summed E-state index contributed by atoms with van der Waals surface area (Å²) < 4.78 is 73.2. The number of pyridine rings is 1. The number of ether oxygens (including phenoxy) is 1. The third kappa shape index (κ3) is 4.30. The molecule has 0 saturated heterocycles. The summed E-state index contributed by atoms with van der Waals surface area (Å²) in [5, 5.41) is 21.3. The predicted octanol–water partition coefficient (Wildman–Crippen LogP) is 0.265. The van der Waals surface area contributed by atoms with Crippen LogP contribution in [0, 0.1) is 0 Å². The van der Waals surface area contributed by atoms with E-state index in [9.17, 15) is 26.7 Å². The molecule has 31 heavy (non-hydrogen) atoms. The Morgan fingerprint density at radius 3 is 2.35 bits per heavy atom. The minimum Gasteiger partial charge on any atom is -0.367 e. The van der Waals surface area contributed by atoms with Crippen LogP contribution >= 0.6 is 0 Å². The van der Waals surface area contributed by atoms with Gasteiger partial charge in [0.15, 0.2) is 11.6 Å². The van der Waals surface area contributed by atoms with E-state index in [1.807, 2.05) is 0 Å². The predicted molar refractivity (Wildman–Crippen MR) is 87.8 cm³/mol. The minimum absolute atomic E-state index is 0.0950. The van der Waals surface area contributed by atoms with E-state index in [1.165, 1.54) is 14.1 Å². The first kappa shape index (κ1) is 22.1. The highest BCUT2D eigenvalue weighted by atomic mass is 19.4. The molecule has 0 atom stereocenters. The van der Waals surface area contributed by atoms with Crippen LogP contribution in [0.1, 0.15) is 27.6 Å². The lowest BCUT2D eigenvalue weighted by Gasteiger charge is -2.21. The molecule has 2 N–H and O–H groups in total. The molecule has 0 bridgehead atoms. The van der Waals surface area contributed by atoms with E-state index in [-0.39, 0.29) is 18.3 Å². The molecule has 0 spiro atoms. The summed E-state index contributed by atoms with van der Waals surface area (Å²) in [5.41, 5.74) is 2.14. The fourth-order valence-electron chi connectivity index (χ4n) is 2.54. The van der Waals surface area contributed by atoms with Crippen LogP contribution in [-0.2, 0) is 38.0 Å². The monoisotopic (exact) mass is 448 g/mol. The maximum Gasteiger partial charge on any atom is 0.459 e. The second kappa shape index (κ2) is 7.89. The van der Waals surface area contributed by atoms with Gasteiger partial charge in [-0.3, -0.25) is 4.79 Å². The number of aromatic nitrogens is 9. The molecule has 17 heteroatoms. The third-order valence-corrected chi connectivity index (χ3v) is 3.90. The van der Waals surface area contributed by atoms with Gasteiger partial charge in [-0.15, -0.1) is 15.3 Å². The van der Waals surface area contributed by atoms with Gasteiger partial charge >= 0.3 is 12.1 Å². The van der Waals surface area contributed by atoms with Crippen molar-refractivity contribution in [2.24, 2.45) is 19.8 Å². The second-order valence-electron chi connectivity index (χ2n) is 6.13. The number of nitrogens with two attached hydrogens (primary N) is 1. The van der Waals surface area contributed by atoms with Gasteiger partial charge in [0.25, 0.3) is 5.91 Å². The van der Waals surface area contributed by atoms with Crippen LogP contribution in [0.15, 0.2) is 6.07 Å². The zero-order valence-electron chi connectivity index (χ0n) is 15.8. The topological polar surface area (TPSA) is 152 Å². The lowest BCUT2D eigenvalue weighted by atomic mass is 10.0. The van der Waals surface area contributed by atoms with Crippen LogP contribution in [0.5, 0.6) is 0 Å². The summed E-state index contributed by atoms with van der Waals surface area (Å²) in [6.45, 7) is -0.967. The summed E-state index contributed by atoms with van der Waals surface area (Å²) >= 11 is 0. The Bertz CT molecular complexity index is 1110. The van der Waals surface area contributed by atoms with Gasteiger partial charge in [-0.25, -0.2) is 9.67 Å². The van der Waals surface area contributed by atoms with Crippen molar-refractivity contribution in [2.75, 3.05) is 0 Å². The number of nitrogens with zero attached hydrogens (tertiary/aromatic N) is 9. The van der Waals surface area contributed by atoms with Crippen molar-refractivity contribution < 1.29 is 31.5 Å². The molecule has 166 valence electrons. The SMILES string of the molecule is Cn1nnc(COCc2nc(C(F)(F)C(F)(F)F)cc(-c3nnnn3C)c2C(N)=O)n1. The molecular formula is C14H13F5N10O2. The Hall–Kier alpha value is -3.63. The van der Waals surface area contributed by atoms with Crippen LogP contribution in [0.3, 0.4) is 0 Å². The number of carbonyl (C=O) groups is 1. The van der Waals surface area contributed by atoms with Crippen LogP contribution in [0.25, 0.3) is 11.4 Å².